The Morgan fingerprint density at radius 2 is 1.96 bits per heavy atom. The highest BCUT2D eigenvalue weighted by Crippen LogP contribution is 2.29. The van der Waals surface area contributed by atoms with Crippen LogP contribution in [0, 0.1) is 0 Å². The summed E-state index contributed by atoms with van der Waals surface area (Å²) in [7, 11) is 0. The highest BCUT2D eigenvalue weighted by Gasteiger charge is 2.38. The molecule has 1 aliphatic rings. The van der Waals surface area contributed by atoms with Crippen molar-refractivity contribution < 1.29 is 27.3 Å². The Balaban J connectivity index is 1.69. The van der Waals surface area contributed by atoms with Gasteiger partial charge in [-0.25, -0.2) is 4.79 Å². The van der Waals surface area contributed by atoms with Crippen LogP contribution in [0.5, 0.6) is 0 Å². The molecule has 8 nitrogen and oxygen atoms in total. The van der Waals surface area contributed by atoms with Crippen molar-refractivity contribution in [1.29, 1.82) is 0 Å². The number of nitrogens with two attached hydrogens (primary N) is 1. The van der Waals surface area contributed by atoms with Gasteiger partial charge < -0.3 is 20.1 Å². The number of aromatic nitrogens is 2. The summed E-state index contributed by atoms with van der Waals surface area (Å²) < 4.78 is 41.8. The largest absolute Gasteiger partial charge is 0.471 e. The summed E-state index contributed by atoms with van der Waals surface area (Å²) >= 11 is 0. The number of hydrogen-bond acceptors (Lipinski definition) is 5. The first kappa shape index (κ1) is 18.7. The molecule has 1 fully saturated rings. The smallest absolute Gasteiger partial charge is 0.351 e. The number of urea groups is 1. The van der Waals surface area contributed by atoms with Gasteiger partial charge in [0, 0.05) is 25.2 Å². The first-order chi connectivity index (χ1) is 12.7. The van der Waals surface area contributed by atoms with Crippen LogP contribution in [0.25, 0.3) is 11.4 Å². The van der Waals surface area contributed by atoms with Crippen molar-refractivity contribution in [2.24, 2.45) is 5.73 Å². The van der Waals surface area contributed by atoms with E-state index in [0.29, 0.717) is 25.2 Å². The lowest BCUT2D eigenvalue weighted by Crippen LogP contribution is -2.58. The van der Waals surface area contributed by atoms with Gasteiger partial charge in [-0.05, 0) is 12.5 Å². The van der Waals surface area contributed by atoms with Crippen molar-refractivity contribution in [1.82, 2.24) is 19.9 Å². The van der Waals surface area contributed by atoms with Gasteiger partial charge in [0.05, 0.1) is 0 Å². The molecule has 144 valence electrons. The number of carbonyl (C=O) groups excluding carboxylic acids is 2. The molecular weight excluding hydrogens is 367 g/mol. The van der Waals surface area contributed by atoms with Crippen LogP contribution in [0.4, 0.5) is 18.0 Å². The van der Waals surface area contributed by atoms with Crippen molar-refractivity contribution in [2.75, 3.05) is 13.1 Å². The third-order valence-corrected chi connectivity index (χ3v) is 4.28. The van der Waals surface area contributed by atoms with Crippen LogP contribution in [0.15, 0.2) is 28.8 Å². The number of hydrogen-bond donors (Lipinski definition) is 1. The zero-order chi connectivity index (χ0) is 19.8. The lowest BCUT2D eigenvalue weighted by molar-refractivity contribution is -0.159. The summed E-state index contributed by atoms with van der Waals surface area (Å²) in [5, 5.41) is 3.33. The molecule has 1 aromatic heterocycles. The SMILES string of the molecule is CC1C(=O)N(Cc2ccc(-c3noc(C(F)(F)F)n3)cc2)CCN1C(N)=O. The third-order valence-electron chi connectivity index (χ3n) is 4.28. The van der Waals surface area contributed by atoms with E-state index in [9.17, 15) is 22.8 Å². The molecule has 0 bridgehead atoms. The second-order valence-corrected chi connectivity index (χ2v) is 6.09. The predicted molar refractivity (Wildman–Crippen MR) is 85.9 cm³/mol. The molecule has 0 spiro atoms. The molecule has 1 aliphatic heterocycles. The van der Waals surface area contributed by atoms with Gasteiger partial charge in [-0.2, -0.15) is 18.2 Å². The number of rotatable bonds is 3. The van der Waals surface area contributed by atoms with E-state index in [-0.39, 0.29) is 11.7 Å². The van der Waals surface area contributed by atoms with Crippen molar-refractivity contribution >= 4 is 11.9 Å². The van der Waals surface area contributed by atoms with Gasteiger partial charge in [0.15, 0.2) is 0 Å². The Labute approximate surface area is 151 Å². The maximum atomic E-state index is 12.5. The fraction of sp³-hybridized carbons (Fsp3) is 0.375. The number of primary amides is 1. The summed E-state index contributed by atoms with van der Waals surface area (Å²) in [6.07, 6.45) is -4.70. The van der Waals surface area contributed by atoms with E-state index in [1.165, 1.54) is 4.90 Å². The number of piperazine rings is 1. The molecular formula is C16H16F3N5O3. The molecule has 3 amide bonds. The van der Waals surface area contributed by atoms with Crippen LogP contribution < -0.4 is 5.73 Å². The minimum absolute atomic E-state index is 0.173. The lowest BCUT2D eigenvalue weighted by Gasteiger charge is -2.38. The molecule has 27 heavy (non-hydrogen) atoms. The molecule has 1 saturated heterocycles. The van der Waals surface area contributed by atoms with Crippen molar-refractivity contribution in [3.8, 4) is 11.4 Å². The minimum atomic E-state index is -4.70. The molecule has 1 atom stereocenters. The zero-order valence-electron chi connectivity index (χ0n) is 14.2. The van der Waals surface area contributed by atoms with Gasteiger partial charge in [0.1, 0.15) is 6.04 Å². The molecule has 3 rings (SSSR count). The molecule has 2 N–H and O–H groups in total. The van der Waals surface area contributed by atoms with E-state index >= 15 is 0 Å². The highest BCUT2D eigenvalue weighted by atomic mass is 19.4. The van der Waals surface area contributed by atoms with Crippen LogP contribution in [0.2, 0.25) is 0 Å². The highest BCUT2D eigenvalue weighted by molar-refractivity contribution is 5.87. The number of halogens is 3. The second kappa shape index (κ2) is 6.89. The van der Waals surface area contributed by atoms with Crippen LogP contribution in [0.1, 0.15) is 18.4 Å². The summed E-state index contributed by atoms with van der Waals surface area (Å²) in [6, 6.07) is 5.14. The Morgan fingerprint density at radius 3 is 2.52 bits per heavy atom. The number of carbonyl (C=O) groups is 2. The average molecular weight is 383 g/mol. The van der Waals surface area contributed by atoms with Gasteiger partial charge in [-0.3, -0.25) is 4.79 Å². The van der Waals surface area contributed by atoms with Gasteiger partial charge in [-0.15, -0.1) is 0 Å². The standard InChI is InChI=1S/C16H16F3N5O3/c1-9-13(25)23(6-7-24(9)15(20)26)8-10-2-4-11(5-3-10)12-21-14(27-22-12)16(17,18)19/h2-5,9H,6-8H2,1H3,(H2,20,26). The van der Waals surface area contributed by atoms with Crippen molar-refractivity contribution in [3.63, 3.8) is 0 Å². The van der Waals surface area contributed by atoms with E-state index in [2.05, 4.69) is 14.7 Å². The van der Waals surface area contributed by atoms with E-state index in [4.69, 9.17) is 5.73 Å². The normalized spacial score (nSPS) is 18.1. The molecule has 0 aliphatic carbocycles. The lowest BCUT2D eigenvalue weighted by atomic mass is 10.1. The van der Waals surface area contributed by atoms with Gasteiger partial charge >= 0.3 is 18.1 Å². The third kappa shape index (κ3) is 3.86. The Hall–Kier alpha value is -3.11. The second-order valence-electron chi connectivity index (χ2n) is 6.09. The summed E-state index contributed by atoms with van der Waals surface area (Å²) in [4.78, 5) is 29.9. The Kier molecular flexibility index (Phi) is 4.77. The average Bonchev–Trinajstić information content (AvgIpc) is 3.10. The van der Waals surface area contributed by atoms with Crippen LogP contribution >= 0.6 is 0 Å². The quantitative estimate of drug-likeness (QED) is 0.871. The van der Waals surface area contributed by atoms with E-state index in [1.54, 1.807) is 36.1 Å². The number of alkyl halides is 3. The maximum absolute atomic E-state index is 12.5. The Morgan fingerprint density at radius 1 is 1.30 bits per heavy atom. The van der Waals surface area contributed by atoms with Gasteiger partial charge in [0.25, 0.3) is 0 Å². The zero-order valence-corrected chi connectivity index (χ0v) is 14.2. The summed E-state index contributed by atoms with van der Waals surface area (Å²) in [6.45, 7) is 2.59. The molecule has 0 radical (unpaired) electrons. The predicted octanol–water partition coefficient (Wildman–Crippen LogP) is 1.87. The van der Waals surface area contributed by atoms with Crippen LogP contribution in [-0.2, 0) is 17.5 Å². The summed E-state index contributed by atoms with van der Waals surface area (Å²) in [5.41, 5.74) is 6.37. The molecule has 1 unspecified atom stereocenters. The van der Waals surface area contributed by atoms with Crippen LogP contribution in [-0.4, -0.2) is 51.0 Å². The van der Waals surface area contributed by atoms with E-state index < -0.39 is 24.1 Å². The van der Waals surface area contributed by atoms with Crippen LogP contribution in [0.3, 0.4) is 0 Å². The first-order valence-corrected chi connectivity index (χ1v) is 8.02. The van der Waals surface area contributed by atoms with E-state index in [1.807, 2.05) is 0 Å². The minimum Gasteiger partial charge on any atom is -0.351 e. The van der Waals surface area contributed by atoms with Crippen molar-refractivity contribution in [2.45, 2.75) is 25.7 Å². The number of nitrogens with zero attached hydrogens (tertiary/aromatic N) is 4. The van der Waals surface area contributed by atoms with Gasteiger partial charge in [-0.1, -0.05) is 29.4 Å². The van der Waals surface area contributed by atoms with Crippen molar-refractivity contribution in [3.05, 3.63) is 35.7 Å². The molecule has 0 saturated carbocycles. The van der Waals surface area contributed by atoms with E-state index in [0.717, 1.165) is 5.56 Å². The van der Waals surface area contributed by atoms with Gasteiger partial charge in [0.2, 0.25) is 11.7 Å². The topological polar surface area (TPSA) is 106 Å². The molecule has 2 aromatic rings. The number of amides is 3. The summed E-state index contributed by atoms with van der Waals surface area (Å²) in [5.74, 6) is -1.81. The molecule has 1 aromatic carbocycles. The fourth-order valence-electron chi connectivity index (χ4n) is 2.82. The Bertz CT molecular complexity index is 850. The monoisotopic (exact) mass is 383 g/mol. The molecule has 11 heteroatoms. The number of benzene rings is 1. The first-order valence-electron chi connectivity index (χ1n) is 8.02. The maximum Gasteiger partial charge on any atom is 0.471 e. The molecule has 2 heterocycles. The fourth-order valence-corrected chi connectivity index (χ4v) is 2.82.